The average Bonchev–Trinajstić information content (AvgIpc) is 2.43. The Morgan fingerprint density at radius 3 is 2.65 bits per heavy atom. The third kappa shape index (κ3) is 3.48. The van der Waals surface area contributed by atoms with E-state index in [0.717, 1.165) is 31.5 Å². The summed E-state index contributed by atoms with van der Waals surface area (Å²) in [5.41, 5.74) is 1.02. The van der Waals surface area contributed by atoms with Crippen LogP contribution < -0.4 is 5.32 Å². The molecule has 0 saturated carbocycles. The second-order valence-electron chi connectivity index (χ2n) is 5.62. The topological polar surface area (TPSA) is 58.4 Å². The van der Waals surface area contributed by atoms with Gasteiger partial charge in [-0.15, -0.1) is 0 Å². The summed E-state index contributed by atoms with van der Waals surface area (Å²) < 4.78 is 0. The maximum absolute atomic E-state index is 11.1. The van der Waals surface area contributed by atoms with E-state index in [1.807, 2.05) is 7.05 Å². The third-order valence-electron chi connectivity index (χ3n) is 4.20. The van der Waals surface area contributed by atoms with Gasteiger partial charge in [0.25, 0.3) is 5.69 Å². The van der Waals surface area contributed by atoms with Gasteiger partial charge in [-0.25, -0.2) is 0 Å². The van der Waals surface area contributed by atoms with E-state index in [1.54, 1.807) is 12.1 Å². The average molecular weight is 298 g/mol. The van der Waals surface area contributed by atoms with E-state index in [-0.39, 0.29) is 16.1 Å². The van der Waals surface area contributed by atoms with Crippen molar-refractivity contribution in [2.75, 3.05) is 20.1 Å². The first kappa shape index (κ1) is 15.2. The second kappa shape index (κ2) is 6.08. The molecule has 1 fully saturated rings. The normalized spacial score (nSPS) is 18.9. The number of nitrogens with zero attached hydrogens (tertiary/aromatic N) is 2. The first-order valence-corrected chi connectivity index (χ1v) is 7.15. The van der Waals surface area contributed by atoms with E-state index in [0.29, 0.717) is 11.6 Å². The van der Waals surface area contributed by atoms with Gasteiger partial charge < -0.3 is 5.32 Å². The molecular weight excluding hydrogens is 278 g/mol. The molecule has 1 aliphatic rings. The molecule has 5 nitrogen and oxygen atoms in total. The number of halogens is 1. The fourth-order valence-corrected chi connectivity index (χ4v) is 2.70. The summed E-state index contributed by atoms with van der Waals surface area (Å²) in [4.78, 5) is 13.0. The smallest absolute Gasteiger partial charge is 0.275 e. The summed E-state index contributed by atoms with van der Waals surface area (Å²) >= 11 is 5.83. The van der Waals surface area contributed by atoms with Crippen LogP contribution in [0.5, 0.6) is 0 Å². The minimum Gasteiger partial charge on any atom is -0.314 e. The van der Waals surface area contributed by atoms with Gasteiger partial charge in [-0.3, -0.25) is 15.0 Å². The van der Waals surface area contributed by atoms with Gasteiger partial charge in [0.05, 0.1) is 4.92 Å². The van der Waals surface area contributed by atoms with Gasteiger partial charge in [0, 0.05) is 41.8 Å². The Labute approximate surface area is 124 Å². The molecule has 0 radical (unpaired) electrons. The predicted octanol–water partition coefficient (Wildman–Crippen LogP) is 2.82. The minimum absolute atomic E-state index is 0.111. The molecular formula is C14H20ClN3O2. The van der Waals surface area contributed by atoms with Crippen molar-refractivity contribution in [3.05, 3.63) is 38.9 Å². The van der Waals surface area contributed by atoms with Crippen LogP contribution in [-0.4, -0.2) is 35.5 Å². The van der Waals surface area contributed by atoms with Crippen molar-refractivity contribution in [3.63, 3.8) is 0 Å². The Hall–Kier alpha value is -1.17. The van der Waals surface area contributed by atoms with Gasteiger partial charge in [0.15, 0.2) is 0 Å². The monoisotopic (exact) mass is 297 g/mol. The summed E-state index contributed by atoms with van der Waals surface area (Å²) in [6.07, 6.45) is 2.09. The summed E-state index contributed by atoms with van der Waals surface area (Å²) in [7, 11) is 1.99. The molecule has 1 aromatic rings. The first-order chi connectivity index (χ1) is 9.43. The number of rotatable bonds is 4. The number of hydrogen-bond acceptors (Lipinski definition) is 4. The third-order valence-corrected chi connectivity index (χ3v) is 4.44. The molecule has 0 aromatic heterocycles. The number of benzene rings is 1. The lowest BCUT2D eigenvalue weighted by molar-refractivity contribution is -0.385. The first-order valence-electron chi connectivity index (χ1n) is 6.78. The Kier molecular flexibility index (Phi) is 4.62. The molecule has 110 valence electrons. The van der Waals surface area contributed by atoms with Crippen molar-refractivity contribution < 1.29 is 4.92 Å². The van der Waals surface area contributed by atoms with Gasteiger partial charge in [-0.05, 0) is 38.9 Å². The molecule has 0 unspecified atom stereocenters. The highest BCUT2D eigenvalue weighted by atomic mass is 35.5. The van der Waals surface area contributed by atoms with Crippen molar-refractivity contribution in [1.29, 1.82) is 0 Å². The minimum atomic E-state index is -0.358. The molecule has 0 bridgehead atoms. The van der Waals surface area contributed by atoms with Crippen molar-refractivity contribution in [2.24, 2.45) is 0 Å². The van der Waals surface area contributed by atoms with Crippen LogP contribution >= 0.6 is 11.6 Å². The molecule has 20 heavy (non-hydrogen) atoms. The van der Waals surface area contributed by atoms with E-state index in [4.69, 9.17) is 11.6 Å². The lowest BCUT2D eigenvalue weighted by atomic mass is 9.90. The van der Waals surface area contributed by atoms with Gasteiger partial charge in [0.1, 0.15) is 0 Å². The van der Waals surface area contributed by atoms with Gasteiger partial charge in [-0.1, -0.05) is 11.6 Å². The van der Waals surface area contributed by atoms with Crippen molar-refractivity contribution in [2.45, 2.75) is 31.8 Å². The van der Waals surface area contributed by atoms with Crippen LogP contribution in [0.1, 0.15) is 25.3 Å². The fourth-order valence-electron chi connectivity index (χ4n) is 2.54. The number of piperidine rings is 1. The summed E-state index contributed by atoms with van der Waals surface area (Å²) in [5.74, 6) is 0. The molecule has 1 heterocycles. The highest BCUT2D eigenvalue weighted by Crippen LogP contribution is 2.27. The number of likely N-dealkylation sites (tertiary alicyclic amines) is 1. The van der Waals surface area contributed by atoms with Crippen molar-refractivity contribution in [3.8, 4) is 0 Å². The number of nitrogens with one attached hydrogen (secondary N) is 1. The van der Waals surface area contributed by atoms with Crippen molar-refractivity contribution >= 4 is 17.3 Å². The quantitative estimate of drug-likeness (QED) is 0.686. The van der Waals surface area contributed by atoms with Crippen LogP contribution in [0.3, 0.4) is 0 Å². The molecule has 0 aliphatic carbocycles. The summed E-state index contributed by atoms with van der Waals surface area (Å²) in [5, 5.41) is 14.8. The molecule has 0 spiro atoms. The van der Waals surface area contributed by atoms with E-state index < -0.39 is 0 Å². The standard InChI is InChI=1S/C14H20ClN3O2/c1-14(16-2)5-7-17(8-6-14)10-11-3-4-12(15)9-13(11)18(19)20/h3-4,9,16H,5-8,10H2,1-2H3. The van der Waals surface area contributed by atoms with Crippen LogP contribution in [-0.2, 0) is 6.54 Å². The molecule has 0 atom stereocenters. The number of nitro benzene ring substituents is 1. The van der Waals surface area contributed by atoms with Crippen molar-refractivity contribution in [1.82, 2.24) is 10.2 Å². The van der Waals surface area contributed by atoms with E-state index in [1.165, 1.54) is 6.07 Å². The summed E-state index contributed by atoms with van der Waals surface area (Å²) in [6.45, 7) is 4.70. The second-order valence-corrected chi connectivity index (χ2v) is 6.05. The molecule has 1 saturated heterocycles. The zero-order valence-corrected chi connectivity index (χ0v) is 12.6. The molecule has 6 heteroatoms. The molecule has 1 aliphatic heterocycles. The molecule has 1 aromatic carbocycles. The highest BCUT2D eigenvalue weighted by molar-refractivity contribution is 6.30. The van der Waals surface area contributed by atoms with Crippen LogP contribution in [0.4, 0.5) is 5.69 Å². The van der Waals surface area contributed by atoms with Crippen LogP contribution in [0, 0.1) is 10.1 Å². The predicted molar refractivity (Wildman–Crippen MR) is 80.1 cm³/mol. The Morgan fingerprint density at radius 2 is 2.10 bits per heavy atom. The lowest BCUT2D eigenvalue weighted by Gasteiger charge is -2.39. The molecule has 1 N–H and O–H groups in total. The number of nitro groups is 1. The molecule has 2 rings (SSSR count). The Morgan fingerprint density at radius 1 is 1.45 bits per heavy atom. The van der Waals surface area contributed by atoms with Crippen LogP contribution in [0.2, 0.25) is 5.02 Å². The zero-order chi connectivity index (χ0) is 14.8. The van der Waals surface area contributed by atoms with Crippen LogP contribution in [0.25, 0.3) is 0 Å². The zero-order valence-electron chi connectivity index (χ0n) is 11.9. The van der Waals surface area contributed by atoms with E-state index in [2.05, 4.69) is 17.1 Å². The SMILES string of the molecule is CNC1(C)CCN(Cc2ccc(Cl)cc2[N+](=O)[O-])CC1. The Balaban J connectivity index is 2.06. The van der Waals surface area contributed by atoms with E-state index >= 15 is 0 Å². The lowest BCUT2D eigenvalue weighted by Crippen LogP contribution is -2.49. The van der Waals surface area contributed by atoms with Crippen LogP contribution in [0.15, 0.2) is 18.2 Å². The van der Waals surface area contributed by atoms with Gasteiger partial charge >= 0.3 is 0 Å². The maximum atomic E-state index is 11.1. The fraction of sp³-hybridized carbons (Fsp3) is 0.571. The largest absolute Gasteiger partial charge is 0.314 e. The molecule has 0 amide bonds. The maximum Gasteiger partial charge on any atom is 0.275 e. The van der Waals surface area contributed by atoms with Gasteiger partial charge in [0.2, 0.25) is 0 Å². The Bertz CT molecular complexity index is 499. The summed E-state index contributed by atoms with van der Waals surface area (Å²) in [6, 6.07) is 4.90. The van der Waals surface area contributed by atoms with E-state index in [9.17, 15) is 10.1 Å². The number of hydrogen-bond donors (Lipinski definition) is 1. The highest BCUT2D eigenvalue weighted by Gasteiger charge is 2.29. The van der Waals surface area contributed by atoms with Gasteiger partial charge in [-0.2, -0.15) is 0 Å².